The zero-order valence-electron chi connectivity index (χ0n) is 10.4. The van der Waals surface area contributed by atoms with Gasteiger partial charge in [-0.2, -0.15) is 13.2 Å². The molecule has 1 aromatic carbocycles. The molecule has 1 heterocycles. The van der Waals surface area contributed by atoms with Gasteiger partial charge in [-0.05, 0) is 25.0 Å². The van der Waals surface area contributed by atoms with E-state index in [4.69, 9.17) is 0 Å². The van der Waals surface area contributed by atoms with E-state index in [1.807, 2.05) is 12.1 Å². The average molecular weight is 273 g/mol. The number of hydrogen-bond donors (Lipinski definition) is 1. The van der Waals surface area contributed by atoms with Crippen LogP contribution in [0.3, 0.4) is 0 Å². The van der Waals surface area contributed by atoms with E-state index in [9.17, 15) is 23.1 Å². The molecule has 19 heavy (non-hydrogen) atoms. The molecule has 3 nitrogen and oxygen atoms in total. The van der Waals surface area contributed by atoms with Crippen molar-refractivity contribution < 1.29 is 23.1 Å². The smallest absolute Gasteiger partial charge is 0.380 e. The van der Waals surface area contributed by atoms with E-state index in [2.05, 4.69) is 0 Å². The Morgan fingerprint density at radius 2 is 2.00 bits per heavy atom. The van der Waals surface area contributed by atoms with Gasteiger partial charge < -0.3 is 10.0 Å². The minimum atomic E-state index is -4.82. The van der Waals surface area contributed by atoms with Crippen LogP contribution >= 0.6 is 0 Å². The largest absolute Gasteiger partial charge is 0.417 e. The van der Waals surface area contributed by atoms with Crippen molar-refractivity contribution in [3.8, 4) is 0 Å². The van der Waals surface area contributed by atoms with E-state index in [1.54, 1.807) is 12.1 Å². The van der Waals surface area contributed by atoms with Crippen molar-refractivity contribution in [2.24, 2.45) is 0 Å². The van der Waals surface area contributed by atoms with E-state index in [0.717, 1.165) is 5.56 Å². The summed E-state index contributed by atoms with van der Waals surface area (Å²) in [5.74, 6) is -0.715. The first-order chi connectivity index (χ1) is 8.72. The lowest BCUT2D eigenvalue weighted by atomic mass is 10.0. The number of carbonyl (C=O) groups is 1. The summed E-state index contributed by atoms with van der Waals surface area (Å²) in [6.07, 6.45) is -5.16. The van der Waals surface area contributed by atoms with Crippen LogP contribution < -0.4 is 4.90 Å². The van der Waals surface area contributed by atoms with Crippen LogP contribution in [0.2, 0.25) is 0 Å². The molecule has 0 aromatic heterocycles. The fourth-order valence-electron chi connectivity index (χ4n) is 2.09. The van der Waals surface area contributed by atoms with Gasteiger partial charge in [0.1, 0.15) is 0 Å². The molecule has 2 rings (SSSR count). The summed E-state index contributed by atoms with van der Waals surface area (Å²) in [6.45, 7) is 0.971. The van der Waals surface area contributed by atoms with Gasteiger partial charge in [-0.3, -0.25) is 4.79 Å². The first-order valence-electron chi connectivity index (χ1n) is 5.90. The molecule has 1 atom stereocenters. The maximum absolute atomic E-state index is 12.6. The van der Waals surface area contributed by atoms with Crippen molar-refractivity contribution in [2.45, 2.75) is 31.5 Å². The molecular formula is C13H14F3NO2. The SMILES string of the molecule is C[C@@](O)(CC(=O)N1CCc2ccccc21)C(F)(F)F. The molecule has 0 radical (unpaired) electrons. The van der Waals surface area contributed by atoms with Gasteiger partial charge in [0.05, 0.1) is 6.42 Å². The number of carbonyl (C=O) groups excluding carboxylic acids is 1. The van der Waals surface area contributed by atoms with Crippen molar-refractivity contribution in [3.05, 3.63) is 29.8 Å². The molecule has 0 saturated carbocycles. The summed E-state index contributed by atoms with van der Waals surface area (Å²) in [4.78, 5) is 13.2. The Morgan fingerprint density at radius 1 is 1.37 bits per heavy atom. The van der Waals surface area contributed by atoms with Crippen molar-refractivity contribution >= 4 is 11.6 Å². The molecule has 6 heteroatoms. The van der Waals surface area contributed by atoms with Gasteiger partial charge in [0.15, 0.2) is 5.60 Å². The normalized spacial score (nSPS) is 18.1. The molecule has 0 aliphatic carbocycles. The number of nitrogens with zero attached hydrogens (tertiary/aromatic N) is 1. The number of fused-ring (bicyclic) bond motifs is 1. The number of amides is 1. The van der Waals surface area contributed by atoms with Gasteiger partial charge >= 0.3 is 6.18 Å². The number of hydrogen-bond acceptors (Lipinski definition) is 2. The van der Waals surface area contributed by atoms with Crippen LogP contribution in [0.15, 0.2) is 24.3 Å². The van der Waals surface area contributed by atoms with Crippen LogP contribution in [0.4, 0.5) is 18.9 Å². The van der Waals surface area contributed by atoms with Crippen LogP contribution in [0.5, 0.6) is 0 Å². The maximum Gasteiger partial charge on any atom is 0.417 e. The quantitative estimate of drug-likeness (QED) is 0.898. The molecule has 0 spiro atoms. The average Bonchev–Trinajstić information content (AvgIpc) is 2.70. The van der Waals surface area contributed by atoms with Crippen LogP contribution in [0.25, 0.3) is 0 Å². The lowest BCUT2D eigenvalue weighted by Crippen LogP contribution is -2.46. The number of halogens is 3. The topological polar surface area (TPSA) is 40.5 Å². The van der Waals surface area contributed by atoms with E-state index in [-0.39, 0.29) is 0 Å². The Bertz CT molecular complexity index is 497. The molecular weight excluding hydrogens is 259 g/mol. The molecule has 1 N–H and O–H groups in total. The third kappa shape index (κ3) is 2.58. The number of anilines is 1. The lowest BCUT2D eigenvalue weighted by Gasteiger charge is -2.28. The highest BCUT2D eigenvalue weighted by molar-refractivity contribution is 5.96. The Hall–Kier alpha value is -1.56. The molecule has 0 unspecified atom stereocenters. The third-order valence-electron chi connectivity index (χ3n) is 3.29. The van der Waals surface area contributed by atoms with Crippen LogP contribution in [0.1, 0.15) is 18.9 Å². The summed E-state index contributed by atoms with van der Waals surface area (Å²) in [7, 11) is 0. The van der Waals surface area contributed by atoms with Crippen LogP contribution in [0, 0.1) is 0 Å². The summed E-state index contributed by atoms with van der Waals surface area (Å²) in [5.41, 5.74) is -1.44. The van der Waals surface area contributed by atoms with E-state index >= 15 is 0 Å². The van der Waals surface area contributed by atoms with Crippen LogP contribution in [-0.4, -0.2) is 29.3 Å². The Balaban J connectivity index is 2.15. The Morgan fingerprint density at radius 3 is 2.63 bits per heavy atom. The number of alkyl halides is 3. The molecule has 1 amide bonds. The zero-order chi connectivity index (χ0) is 14.3. The second-order valence-electron chi connectivity index (χ2n) is 4.87. The third-order valence-corrected chi connectivity index (χ3v) is 3.29. The monoisotopic (exact) mass is 273 g/mol. The van der Waals surface area contributed by atoms with E-state index in [0.29, 0.717) is 25.6 Å². The van der Waals surface area contributed by atoms with Gasteiger partial charge in [-0.1, -0.05) is 18.2 Å². The fraction of sp³-hybridized carbons (Fsp3) is 0.462. The molecule has 104 valence electrons. The Kier molecular flexibility index (Phi) is 3.30. The molecule has 1 aliphatic rings. The van der Waals surface area contributed by atoms with Crippen molar-refractivity contribution in [2.75, 3.05) is 11.4 Å². The number of para-hydroxylation sites is 1. The molecule has 0 bridgehead atoms. The highest BCUT2D eigenvalue weighted by Crippen LogP contribution is 2.35. The van der Waals surface area contributed by atoms with Crippen molar-refractivity contribution in [1.29, 1.82) is 0 Å². The van der Waals surface area contributed by atoms with Gasteiger partial charge in [-0.15, -0.1) is 0 Å². The van der Waals surface area contributed by atoms with Crippen molar-refractivity contribution in [1.82, 2.24) is 0 Å². The predicted octanol–water partition coefficient (Wildman–Crippen LogP) is 2.28. The fourth-order valence-corrected chi connectivity index (χ4v) is 2.09. The predicted molar refractivity (Wildman–Crippen MR) is 63.8 cm³/mol. The number of rotatable bonds is 2. The second-order valence-corrected chi connectivity index (χ2v) is 4.87. The Labute approximate surface area is 108 Å². The minimum absolute atomic E-state index is 0.353. The van der Waals surface area contributed by atoms with Gasteiger partial charge in [-0.25, -0.2) is 0 Å². The summed E-state index contributed by atoms with van der Waals surface area (Å²) in [6, 6.07) is 7.08. The van der Waals surface area contributed by atoms with Crippen LogP contribution in [-0.2, 0) is 11.2 Å². The van der Waals surface area contributed by atoms with Gasteiger partial charge in [0.2, 0.25) is 5.91 Å². The second kappa shape index (κ2) is 4.52. The first kappa shape index (κ1) is 13.9. The molecule has 0 fully saturated rings. The zero-order valence-corrected chi connectivity index (χ0v) is 10.4. The first-order valence-corrected chi connectivity index (χ1v) is 5.90. The standard InChI is InChI=1S/C13H14F3NO2/c1-12(19,13(14,15)16)8-11(18)17-7-6-9-4-2-3-5-10(9)17/h2-5,19H,6-8H2,1H3/t12-/m1/s1. The van der Waals surface area contributed by atoms with Crippen molar-refractivity contribution in [3.63, 3.8) is 0 Å². The summed E-state index contributed by atoms with van der Waals surface area (Å²) < 4.78 is 37.7. The van der Waals surface area contributed by atoms with Gasteiger partial charge in [0.25, 0.3) is 0 Å². The molecule has 1 aromatic rings. The minimum Gasteiger partial charge on any atom is -0.380 e. The maximum atomic E-state index is 12.6. The molecule has 1 aliphatic heterocycles. The number of aliphatic hydroxyl groups is 1. The highest BCUT2D eigenvalue weighted by atomic mass is 19.4. The number of benzene rings is 1. The van der Waals surface area contributed by atoms with E-state index < -0.39 is 24.1 Å². The van der Waals surface area contributed by atoms with E-state index in [1.165, 1.54) is 4.90 Å². The lowest BCUT2D eigenvalue weighted by molar-refractivity contribution is -0.253. The van der Waals surface area contributed by atoms with Gasteiger partial charge in [0, 0.05) is 12.2 Å². The summed E-state index contributed by atoms with van der Waals surface area (Å²) >= 11 is 0. The highest BCUT2D eigenvalue weighted by Gasteiger charge is 2.51. The summed E-state index contributed by atoms with van der Waals surface area (Å²) in [5, 5.41) is 9.36. The molecule has 0 saturated heterocycles.